The van der Waals surface area contributed by atoms with E-state index in [1.165, 1.54) is 24.1 Å². The van der Waals surface area contributed by atoms with E-state index in [2.05, 4.69) is 10.1 Å². The molecule has 6 heteroatoms. The fourth-order valence-corrected chi connectivity index (χ4v) is 2.05. The zero-order valence-electron chi connectivity index (χ0n) is 10.6. The van der Waals surface area contributed by atoms with Crippen LogP contribution in [0.1, 0.15) is 6.42 Å². The van der Waals surface area contributed by atoms with Gasteiger partial charge in [0, 0.05) is 18.8 Å². The summed E-state index contributed by atoms with van der Waals surface area (Å²) in [6.45, 7) is 0.990. The van der Waals surface area contributed by atoms with E-state index in [4.69, 9.17) is 0 Å². The number of rotatable bonds is 3. The third-order valence-electron chi connectivity index (χ3n) is 3.01. The lowest BCUT2D eigenvalue weighted by Crippen LogP contribution is -2.56. The lowest BCUT2D eigenvalue weighted by Gasteiger charge is -2.32. The molecule has 1 aromatic rings. The van der Waals surface area contributed by atoms with Crippen LogP contribution in [-0.2, 0) is 14.3 Å². The Morgan fingerprint density at radius 2 is 2.37 bits per heavy atom. The van der Waals surface area contributed by atoms with Crippen molar-refractivity contribution >= 4 is 17.6 Å². The summed E-state index contributed by atoms with van der Waals surface area (Å²) in [6.07, 6.45) is -0.0266. The number of ether oxygens (including phenoxy) is 1. The summed E-state index contributed by atoms with van der Waals surface area (Å²) in [5.74, 6) is -1.09. The molecule has 0 aliphatic carbocycles. The maximum absolute atomic E-state index is 13.2. The summed E-state index contributed by atoms with van der Waals surface area (Å²) >= 11 is 0. The number of hydrogen-bond donors (Lipinski definition) is 1. The maximum Gasteiger partial charge on any atom is 0.307 e. The monoisotopic (exact) mass is 266 g/mol. The molecule has 1 saturated heterocycles. The Balaban J connectivity index is 2.14. The number of carbonyl (C=O) groups is 2. The van der Waals surface area contributed by atoms with Crippen LogP contribution in [-0.4, -0.2) is 38.1 Å². The van der Waals surface area contributed by atoms with Crippen molar-refractivity contribution in [3.05, 3.63) is 30.1 Å². The number of amides is 1. The summed E-state index contributed by atoms with van der Waals surface area (Å²) in [6, 6.07) is 5.22. The van der Waals surface area contributed by atoms with E-state index in [1.807, 2.05) is 0 Å². The molecule has 5 nitrogen and oxygen atoms in total. The van der Waals surface area contributed by atoms with E-state index in [0.717, 1.165) is 0 Å². The number of anilines is 1. The summed E-state index contributed by atoms with van der Waals surface area (Å²) in [7, 11) is 1.28. The van der Waals surface area contributed by atoms with E-state index in [0.29, 0.717) is 18.8 Å². The average molecular weight is 266 g/mol. The first-order chi connectivity index (χ1) is 9.11. The fraction of sp³-hybridized carbons (Fsp3) is 0.385. The third-order valence-corrected chi connectivity index (χ3v) is 3.01. The molecular formula is C13H15FN2O3. The molecule has 1 aliphatic heterocycles. The van der Waals surface area contributed by atoms with Crippen molar-refractivity contribution in [1.29, 1.82) is 0 Å². The summed E-state index contributed by atoms with van der Waals surface area (Å²) < 4.78 is 17.7. The topological polar surface area (TPSA) is 58.6 Å². The highest BCUT2D eigenvalue weighted by Crippen LogP contribution is 2.19. The average Bonchev–Trinajstić information content (AvgIpc) is 2.41. The standard InChI is InChI=1S/C13H15FN2O3/c1-19-12(17)8-11-13(18)16(6-5-15-11)10-4-2-3-9(14)7-10/h2-4,7,11,15H,5-6,8H2,1H3. The number of hydrogen-bond acceptors (Lipinski definition) is 4. The quantitative estimate of drug-likeness (QED) is 0.818. The van der Waals surface area contributed by atoms with Gasteiger partial charge in [0.05, 0.1) is 19.6 Å². The Hall–Kier alpha value is -1.95. The van der Waals surface area contributed by atoms with Crippen LogP contribution < -0.4 is 10.2 Å². The summed E-state index contributed by atoms with van der Waals surface area (Å²) in [5, 5.41) is 2.96. The smallest absolute Gasteiger partial charge is 0.307 e. The Morgan fingerprint density at radius 3 is 3.05 bits per heavy atom. The van der Waals surface area contributed by atoms with E-state index in [1.54, 1.807) is 12.1 Å². The second-order valence-electron chi connectivity index (χ2n) is 4.26. The minimum atomic E-state index is -0.621. The zero-order chi connectivity index (χ0) is 13.8. The van der Waals surface area contributed by atoms with Crippen LogP contribution in [0, 0.1) is 5.82 Å². The van der Waals surface area contributed by atoms with Crippen molar-refractivity contribution in [2.45, 2.75) is 12.5 Å². The zero-order valence-corrected chi connectivity index (χ0v) is 10.6. The molecule has 0 spiro atoms. The van der Waals surface area contributed by atoms with Crippen LogP contribution in [0.5, 0.6) is 0 Å². The highest BCUT2D eigenvalue weighted by Gasteiger charge is 2.31. The molecule has 102 valence electrons. The second kappa shape index (κ2) is 5.79. The second-order valence-corrected chi connectivity index (χ2v) is 4.26. The molecule has 0 bridgehead atoms. The van der Waals surface area contributed by atoms with Gasteiger partial charge in [0.25, 0.3) is 0 Å². The number of nitrogens with one attached hydrogen (secondary N) is 1. The Morgan fingerprint density at radius 1 is 1.58 bits per heavy atom. The molecule has 0 aromatic heterocycles. The van der Waals surface area contributed by atoms with Gasteiger partial charge in [-0.15, -0.1) is 0 Å². The molecule has 0 radical (unpaired) electrons. The van der Waals surface area contributed by atoms with Crippen LogP contribution in [0.2, 0.25) is 0 Å². The number of nitrogens with zero attached hydrogens (tertiary/aromatic N) is 1. The van der Waals surface area contributed by atoms with Gasteiger partial charge in [-0.3, -0.25) is 9.59 Å². The lowest BCUT2D eigenvalue weighted by atomic mass is 10.1. The molecule has 2 rings (SSSR count). The SMILES string of the molecule is COC(=O)CC1NCCN(c2cccc(F)c2)C1=O. The number of benzene rings is 1. The van der Waals surface area contributed by atoms with Crippen molar-refractivity contribution in [3.8, 4) is 0 Å². The molecule has 1 heterocycles. The molecule has 1 unspecified atom stereocenters. The molecule has 0 saturated carbocycles. The van der Waals surface area contributed by atoms with Crippen LogP contribution in [0.4, 0.5) is 10.1 Å². The highest BCUT2D eigenvalue weighted by atomic mass is 19.1. The molecule has 1 fully saturated rings. The number of carbonyl (C=O) groups excluding carboxylic acids is 2. The van der Waals surface area contributed by atoms with Gasteiger partial charge in [0.15, 0.2) is 0 Å². The van der Waals surface area contributed by atoms with Gasteiger partial charge in [-0.2, -0.15) is 0 Å². The van der Waals surface area contributed by atoms with E-state index in [-0.39, 0.29) is 12.3 Å². The Labute approximate surface area is 110 Å². The largest absolute Gasteiger partial charge is 0.469 e. The predicted octanol–water partition coefficient (Wildman–Crippen LogP) is 0.694. The van der Waals surface area contributed by atoms with Crippen molar-refractivity contribution in [2.75, 3.05) is 25.1 Å². The van der Waals surface area contributed by atoms with Crippen molar-refractivity contribution in [3.63, 3.8) is 0 Å². The van der Waals surface area contributed by atoms with Crippen LogP contribution >= 0.6 is 0 Å². The van der Waals surface area contributed by atoms with Gasteiger partial charge in [-0.25, -0.2) is 4.39 Å². The highest BCUT2D eigenvalue weighted by molar-refractivity contribution is 5.99. The van der Waals surface area contributed by atoms with E-state index in [9.17, 15) is 14.0 Å². The number of esters is 1. The molecule has 1 atom stereocenters. The van der Waals surface area contributed by atoms with Crippen molar-refractivity contribution in [2.24, 2.45) is 0 Å². The normalized spacial score (nSPS) is 19.4. The number of halogens is 1. The predicted molar refractivity (Wildman–Crippen MR) is 67.2 cm³/mol. The Kier molecular flexibility index (Phi) is 4.11. The first kappa shape index (κ1) is 13.5. The van der Waals surface area contributed by atoms with Crippen molar-refractivity contribution < 1.29 is 18.7 Å². The minimum Gasteiger partial charge on any atom is -0.469 e. The van der Waals surface area contributed by atoms with Crippen molar-refractivity contribution in [1.82, 2.24) is 5.32 Å². The van der Waals surface area contributed by atoms with Crippen LogP contribution in [0.3, 0.4) is 0 Å². The molecule has 1 aliphatic rings. The summed E-state index contributed by atoms with van der Waals surface area (Å²) in [5.41, 5.74) is 0.501. The fourth-order valence-electron chi connectivity index (χ4n) is 2.05. The summed E-state index contributed by atoms with van der Waals surface area (Å²) in [4.78, 5) is 24.9. The maximum atomic E-state index is 13.2. The van der Waals surface area contributed by atoms with Gasteiger partial charge in [-0.1, -0.05) is 6.07 Å². The van der Waals surface area contributed by atoms with Gasteiger partial charge in [0.1, 0.15) is 5.82 Å². The first-order valence-corrected chi connectivity index (χ1v) is 5.99. The van der Waals surface area contributed by atoms with Gasteiger partial charge in [0.2, 0.25) is 5.91 Å². The molecule has 1 aromatic carbocycles. The Bertz CT molecular complexity index is 493. The third kappa shape index (κ3) is 3.08. The lowest BCUT2D eigenvalue weighted by molar-refractivity contribution is -0.143. The number of piperazine rings is 1. The molecule has 1 amide bonds. The first-order valence-electron chi connectivity index (χ1n) is 5.99. The van der Waals surface area contributed by atoms with E-state index < -0.39 is 17.8 Å². The number of methoxy groups -OCH3 is 1. The molecule has 19 heavy (non-hydrogen) atoms. The van der Waals surface area contributed by atoms with Crippen LogP contribution in [0.15, 0.2) is 24.3 Å². The van der Waals surface area contributed by atoms with E-state index >= 15 is 0 Å². The molecule has 1 N–H and O–H groups in total. The molecular weight excluding hydrogens is 251 g/mol. The van der Waals surface area contributed by atoms with Gasteiger partial charge < -0.3 is 15.0 Å². The van der Waals surface area contributed by atoms with Gasteiger partial charge in [-0.05, 0) is 18.2 Å². The van der Waals surface area contributed by atoms with Crippen LogP contribution in [0.25, 0.3) is 0 Å². The van der Waals surface area contributed by atoms with Gasteiger partial charge >= 0.3 is 5.97 Å². The minimum absolute atomic E-state index is 0.0266.